The summed E-state index contributed by atoms with van der Waals surface area (Å²) in [6.07, 6.45) is 1.83. The van der Waals surface area contributed by atoms with Crippen molar-refractivity contribution in [3.63, 3.8) is 0 Å². The molecule has 3 aromatic carbocycles. The van der Waals surface area contributed by atoms with Crippen LogP contribution in [-0.2, 0) is 19.2 Å². The quantitative estimate of drug-likeness (QED) is 0.110. The smallest absolute Gasteiger partial charge is 0.254 e. The Morgan fingerprint density at radius 1 is 0.891 bits per heavy atom. The third-order valence-corrected chi connectivity index (χ3v) is 12.0. The number of aromatic hydroxyl groups is 1. The number of halogens is 4. The van der Waals surface area contributed by atoms with Gasteiger partial charge in [-0.1, -0.05) is 75.6 Å². The molecule has 2 heterocycles. The molecular weight excluding hydrogens is 719 g/mol. The van der Waals surface area contributed by atoms with Crippen molar-refractivity contribution in [2.24, 2.45) is 17.8 Å². The Balaban J connectivity index is 1.29. The Morgan fingerprint density at radius 2 is 1.57 bits per heavy atom. The average molecular weight is 743 g/mol. The van der Waals surface area contributed by atoms with Gasteiger partial charge in [-0.15, -0.1) is 23.2 Å². The SMILES string of the molecule is O=C(c1ccccc1)c1ccc(N2C(=O)C3CC=C4C(CC5(Cl)C(=O)N(CBr)C(=O)C5(Cl)C4c4ccc(O)cc4Cl)C3C2=O)cc1. The molecule has 1 saturated carbocycles. The van der Waals surface area contributed by atoms with Gasteiger partial charge in [-0.2, -0.15) is 0 Å². The summed E-state index contributed by atoms with van der Waals surface area (Å²) in [7, 11) is 0. The standard InChI is InChI=1S/C34H24BrCl3N2O6/c35-16-39-31(45)33(37)15-24-21(27(34(33,38)32(39)46)22-11-10-20(41)14-25(22)36)12-13-23-26(24)30(44)40(29(23)43)19-8-6-18(7-9-19)28(42)17-4-2-1-3-5-17/h1-12,14,23-24,26-27,41H,13,15-16H2. The summed E-state index contributed by atoms with van der Waals surface area (Å²) in [5, 5.41) is 10.2. The molecule has 6 unspecified atom stereocenters. The van der Waals surface area contributed by atoms with Gasteiger partial charge in [0.1, 0.15) is 5.75 Å². The average Bonchev–Trinajstić information content (AvgIpc) is 3.39. The predicted octanol–water partition coefficient (Wildman–Crippen LogP) is 6.19. The molecule has 2 saturated heterocycles. The third-order valence-electron chi connectivity index (χ3n) is 9.73. The van der Waals surface area contributed by atoms with Crippen molar-refractivity contribution in [2.75, 3.05) is 10.4 Å². The summed E-state index contributed by atoms with van der Waals surface area (Å²) in [6, 6.07) is 19.3. The van der Waals surface area contributed by atoms with Crippen LogP contribution in [0.25, 0.3) is 0 Å². The molecular formula is C34H24BrCl3N2O6. The molecule has 7 rings (SSSR count). The van der Waals surface area contributed by atoms with Crippen LogP contribution in [0.2, 0.25) is 5.02 Å². The van der Waals surface area contributed by atoms with E-state index in [4.69, 9.17) is 34.8 Å². The molecule has 234 valence electrons. The minimum absolute atomic E-state index is 0.103. The van der Waals surface area contributed by atoms with Crippen molar-refractivity contribution in [1.82, 2.24) is 4.90 Å². The summed E-state index contributed by atoms with van der Waals surface area (Å²) in [6.45, 7) is 0. The van der Waals surface area contributed by atoms with Crippen LogP contribution in [0.4, 0.5) is 5.69 Å². The van der Waals surface area contributed by atoms with Crippen LogP contribution in [0.3, 0.4) is 0 Å². The summed E-state index contributed by atoms with van der Waals surface area (Å²) in [5.41, 5.74) is 2.03. The Kier molecular flexibility index (Phi) is 7.47. The van der Waals surface area contributed by atoms with Crippen LogP contribution in [-0.4, -0.2) is 54.6 Å². The van der Waals surface area contributed by atoms with E-state index < -0.39 is 57.0 Å². The van der Waals surface area contributed by atoms with Crippen molar-refractivity contribution in [3.8, 4) is 5.75 Å². The molecule has 0 radical (unpaired) electrons. The van der Waals surface area contributed by atoms with E-state index in [0.29, 0.717) is 28.0 Å². The van der Waals surface area contributed by atoms with Crippen LogP contribution < -0.4 is 4.90 Å². The van der Waals surface area contributed by atoms with E-state index in [1.54, 1.807) is 48.5 Å². The maximum Gasteiger partial charge on any atom is 0.254 e. The van der Waals surface area contributed by atoms with Gasteiger partial charge in [-0.05, 0) is 60.7 Å². The summed E-state index contributed by atoms with van der Waals surface area (Å²) in [5.74, 6) is -6.01. The Morgan fingerprint density at radius 3 is 2.22 bits per heavy atom. The molecule has 0 spiro atoms. The first-order valence-electron chi connectivity index (χ1n) is 14.5. The zero-order valence-electron chi connectivity index (χ0n) is 23.8. The Bertz CT molecular complexity index is 1890. The van der Waals surface area contributed by atoms with Crippen molar-refractivity contribution in [1.29, 1.82) is 0 Å². The molecule has 2 aliphatic carbocycles. The second kappa shape index (κ2) is 11.0. The number of allylic oxidation sites excluding steroid dienone is 2. The van der Waals surface area contributed by atoms with Crippen LogP contribution in [0.1, 0.15) is 40.2 Å². The largest absolute Gasteiger partial charge is 0.508 e. The van der Waals surface area contributed by atoms with E-state index >= 15 is 0 Å². The number of phenolic OH excluding ortho intramolecular Hbond substituents is 1. The number of benzene rings is 3. The first-order chi connectivity index (χ1) is 21.9. The van der Waals surface area contributed by atoms with E-state index in [9.17, 15) is 29.1 Å². The monoisotopic (exact) mass is 740 g/mol. The topological polar surface area (TPSA) is 112 Å². The minimum Gasteiger partial charge on any atom is -0.508 e. The van der Waals surface area contributed by atoms with E-state index in [-0.39, 0.29) is 34.9 Å². The number of imide groups is 2. The zero-order valence-corrected chi connectivity index (χ0v) is 27.7. The minimum atomic E-state index is -2.00. The number of alkyl halides is 3. The van der Waals surface area contributed by atoms with E-state index in [0.717, 1.165) is 9.80 Å². The molecule has 0 aromatic heterocycles. The molecule has 2 aliphatic heterocycles. The molecule has 1 N–H and O–H groups in total. The number of nitrogens with zero attached hydrogens (tertiary/aromatic N) is 2. The van der Waals surface area contributed by atoms with Gasteiger partial charge in [0.05, 0.1) is 23.0 Å². The van der Waals surface area contributed by atoms with Crippen LogP contribution in [0.15, 0.2) is 84.4 Å². The number of anilines is 1. The molecule has 46 heavy (non-hydrogen) atoms. The van der Waals surface area contributed by atoms with E-state index in [2.05, 4.69) is 15.9 Å². The Hall–Kier alpha value is -3.50. The second-order valence-electron chi connectivity index (χ2n) is 11.9. The van der Waals surface area contributed by atoms with Crippen molar-refractivity contribution in [3.05, 3.63) is 106 Å². The number of rotatable bonds is 5. The second-order valence-corrected chi connectivity index (χ2v) is 14.1. The molecule has 3 aromatic rings. The van der Waals surface area contributed by atoms with Gasteiger partial charge in [0.25, 0.3) is 11.8 Å². The van der Waals surface area contributed by atoms with E-state index in [1.807, 2.05) is 12.1 Å². The van der Waals surface area contributed by atoms with Gasteiger partial charge in [0.15, 0.2) is 15.5 Å². The molecule has 4 aliphatic rings. The lowest BCUT2D eigenvalue weighted by atomic mass is 9.56. The van der Waals surface area contributed by atoms with E-state index in [1.165, 1.54) is 18.2 Å². The Labute approximate surface area is 287 Å². The lowest BCUT2D eigenvalue weighted by Crippen LogP contribution is -2.60. The molecule has 12 heteroatoms. The highest BCUT2D eigenvalue weighted by Crippen LogP contribution is 2.66. The molecule has 0 bridgehead atoms. The first kappa shape index (κ1) is 31.1. The van der Waals surface area contributed by atoms with Crippen molar-refractivity contribution < 1.29 is 29.1 Å². The fourth-order valence-electron chi connectivity index (χ4n) is 7.62. The lowest BCUT2D eigenvalue weighted by Gasteiger charge is -2.51. The molecule has 8 nitrogen and oxygen atoms in total. The number of phenols is 1. The number of amides is 4. The van der Waals surface area contributed by atoms with Crippen LogP contribution in [0.5, 0.6) is 5.75 Å². The number of hydrogen-bond donors (Lipinski definition) is 1. The highest BCUT2D eigenvalue weighted by Gasteiger charge is 2.76. The van der Waals surface area contributed by atoms with Gasteiger partial charge >= 0.3 is 0 Å². The predicted molar refractivity (Wildman–Crippen MR) is 175 cm³/mol. The van der Waals surface area contributed by atoms with Gasteiger partial charge in [-0.25, -0.2) is 0 Å². The normalized spacial score (nSPS) is 30.2. The fourth-order valence-corrected chi connectivity index (χ4v) is 9.32. The molecule has 3 fully saturated rings. The number of carbonyl (C=O) groups excluding carboxylic acids is 5. The highest BCUT2D eigenvalue weighted by atomic mass is 79.9. The number of carbonyl (C=O) groups is 5. The maximum absolute atomic E-state index is 14.2. The number of fused-ring (bicyclic) bond motifs is 4. The molecule has 4 amide bonds. The number of ketones is 1. The third kappa shape index (κ3) is 4.21. The highest BCUT2D eigenvalue weighted by molar-refractivity contribution is 9.09. The number of likely N-dealkylation sites (tertiary alicyclic amines) is 1. The summed E-state index contributed by atoms with van der Waals surface area (Å²) >= 11 is 24.3. The van der Waals surface area contributed by atoms with Gasteiger partial charge in [0, 0.05) is 22.1 Å². The lowest BCUT2D eigenvalue weighted by molar-refractivity contribution is -0.138. The van der Waals surface area contributed by atoms with Crippen molar-refractivity contribution in [2.45, 2.75) is 28.5 Å². The maximum atomic E-state index is 14.2. The van der Waals surface area contributed by atoms with Crippen LogP contribution in [0, 0.1) is 17.8 Å². The fraction of sp³-hybridized carbons (Fsp3) is 0.265. The van der Waals surface area contributed by atoms with Gasteiger partial charge in [0.2, 0.25) is 11.8 Å². The first-order valence-corrected chi connectivity index (χ1v) is 16.8. The van der Waals surface area contributed by atoms with Gasteiger partial charge < -0.3 is 5.11 Å². The number of hydrogen-bond acceptors (Lipinski definition) is 6. The van der Waals surface area contributed by atoms with Crippen molar-refractivity contribution >= 4 is 85.8 Å². The summed E-state index contributed by atoms with van der Waals surface area (Å²) in [4.78, 5) is 66.8. The van der Waals surface area contributed by atoms with Gasteiger partial charge in [-0.3, -0.25) is 33.8 Å². The zero-order chi connectivity index (χ0) is 32.7. The summed E-state index contributed by atoms with van der Waals surface area (Å²) < 4.78 is 0. The van der Waals surface area contributed by atoms with Crippen LogP contribution >= 0.6 is 50.7 Å². The molecule has 6 atom stereocenters.